The van der Waals surface area contributed by atoms with Crippen LogP contribution >= 0.6 is 0 Å². The first-order valence-corrected chi connectivity index (χ1v) is 8.29. The van der Waals surface area contributed by atoms with Crippen molar-refractivity contribution < 1.29 is 0 Å². The SMILES string of the molecule is C1CCCCC1.C[C@@H]1[C@@H]2CCCC[C@@H]2C[C@@H]1C. The van der Waals surface area contributed by atoms with Crippen molar-refractivity contribution in [2.45, 2.75) is 84.5 Å². The van der Waals surface area contributed by atoms with E-state index >= 15 is 0 Å². The highest BCUT2D eigenvalue weighted by molar-refractivity contribution is 4.88. The van der Waals surface area contributed by atoms with E-state index in [1.54, 1.807) is 6.42 Å². The summed E-state index contributed by atoms with van der Waals surface area (Å²) in [5, 5.41) is 0. The average Bonchev–Trinajstić information content (AvgIpc) is 2.69. The van der Waals surface area contributed by atoms with Crippen LogP contribution in [0.2, 0.25) is 0 Å². The van der Waals surface area contributed by atoms with Crippen LogP contribution in [-0.2, 0) is 0 Å². The molecular formula is C17H32. The van der Waals surface area contributed by atoms with Gasteiger partial charge in [0.2, 0.25) is 0 Å². The third kappa shape index (κ3) is 3.73. The van der Waals surface area contributed by atoms with Crippen LogP contribution in [0, 0.1) is 23.7 Å². The summed E-state index contributed by atoms with van der Waals surface area (Å²) in [6, 6.07) is 0. The van der Waals surface area contributed by atoms with Gasteiger partial charge in [-0.2, -0.15) is 0 Å². The van der Waals surface area contributed by atoms with Gasteiger partial charge >= 0.3 is 0 Å². The summed E-state index contributed by atoms with van der Waals surface area (Å²) in [5.74, 6) is 4.27. The van der Waals surface area contributed by atoms with E-state index in [0.717, 1.165) is 23.7 Å². The number of hydrogen-bond donors (Lipinski definition) is 0. The Morgan fingerprint density at radius 3 is 1.71 bits per heavy atom. The molecule has 100 valence electrons. The van der Waals surface area contributed by atoms with E-state index < -0.39 is 0 Å². The lowest BCUT2D eigenvalue weighted by Crippen LogP contribution is -2.17. The standard InChI is InChI=1S/C11H20.C6H12/c1-8-7-10-5-3-4-6-11(10)9(8)2;1-2-4-6-5-3-1/h8-11H,3-7H2,1-2H3;1-6H2/t8-,9-,10+,11-;/m0./s1. The van der Waals surface area contributed by atoms with Gasteiger partial charge in [-0.3, -0.25) is 0 Å². The van der Waals surface area contributed by atoms with Gasteiger partial charge in [0.1, 0.15) is 0 Å². The van der Waals surface area contributed by atoms with Gasteiger partial charge in [-0.25, -0.2) is 0 Å². The lowest BCUT2D eigenvalue weighted by atomic mass is 9.78. The first kappa shape index (κ1) is 13.4. The summed E-state index contributed by atoms with van der Waals surface area (Å²) < 4.78 is 0. The molecule has 0 amide bonds. The van der Waals surface area contributed by atoms with Crippen molar-refractivity contribution in [1.82, 2.24) is 0 Å². The number of hydrogen-bond acceptors (Lipinski definition) is 0. The summed E-state index contributed by atoms with van der Waals surface area (Å²) in [6.45, 7) is 4.92. The molecule has 0 aromatic carbocycles. The molecule has 0 N–H and O–H groups in total. The fourth-order valence-electron chi connectivity index (χ4n) is 4.40. The molecule has 0 heteroatoms. The van der Waals surface area contributed by atoms with Crippen molar-refractivity contribution in [1.29, 1.82) is 0 Å². The first-order chi connectivity index (χ1) is 8.29. The molecule has 0 aliphatic heterocycles. The Labute approximate surface area is 109 Å². The molecule has 0 saturated heterocycles. The molecule has 3 rings (SSSR count). The van der Waals surface area contributed by atoms with E-state index in [9.17, 15) is 0 Å². The van der Waals surface area contributed by atoms with E-state index in [2.05, 4.69) is 13.8 Å². The minimum atomic E-state index is 1.02. The summed E-state index contributed by atoms with van der Waals surface area (Å²) in [7, 11) is 0. The molecule has 0 unspecified atom stereocenters. The summed E-state index contributed by atoms with van der Waals surface area (Å²) >= 11 is 0. The summed E-state index contributed by atoms with van der Waals surface area (Å²) in [6.07, 6.45) is 16.6. The zero-order valence-electron chi connectivity index (χ0n) is 12.1. The molecule has 0 spiro atoms. The van der Waals surface area contributed by atoms with Crippen LogP contribution in [0.15, 0.2) is 0 Å². The van der Waals surface area contributed by atoms with Crippen LogP contribution in [0.1, 0.15) is 84.5 Å². The molecule has 17 heavy (non-hydrogen) atoms. The fraction of sp³-hybridized carbons (Fsp3) is 1.00. The minimum absolute atomic E-state index is 1.02. The predicted octanol–water partition coefficient (Wildman–Crippen LogP) is 5.81. The van der Waals surface area contributed by atoms with Crippen molar-refractivity contribution in [3.8, 4) is 0 Å². The predicted molar refractivity (Wildman–Crippen MR) is 76.1 cm³/mol. The lowest BCUT2D eigenvalue weighted by Gasteiger charge is -2.27. The second kappa shape index (κ2) is 6.81. The van der Waals surface area contributed by atoms with Gasteiger partial charge in [0.25, 0.3) is 0 Å². The Hall–Kier alpha value is 0. The zero-order valence-corrected chi connectivity index (χ0v) is 12.1. The maximum atomic E-state index is 2.47. The van der Waals surface area contributed by atoms with Gasteiger partial charge in [-0.05, 0) is 36.5 Å². The lowest BCUT2D eigenvalue weighted by molar-refractivity contribution is 0.232. The van der Waals surface area contributed by atoms with Crippen LogP contribution in [0.4, 0.5) is 0 Å². The van der Waals surface area contributed by atoms with E-state index in [1.165, 1.54) is 64.2 Å². The van der Waals surface area contributed by atoms with E-state index in [-0.39, 0.29) is 0 Å². The molecule has 3 saturated carbocycles. The molecule has 0 radical (unpaired) electrons. The largest absolute Gasteiger partial charge is 0.0622 e. The Bertz CT molecular complexity index is 193. The molecule has 3 aliphatic rings. The highest BCUT2D eigenvalue weighted by Gasteiger charge is 2.38. The van der Waals surface area contributed by atoms with Crippen LogP contribution in [0.3, 0.4) is 0 Å². The number of rotatable bonds is 0. The molecule has 0 aromatic heterocycles. The Kier molecular flexibility index (Phi) is 5.38. The highest BCUT2D eigenvalue weighted by Crippen LogP contribution is 2.48. The van der Waals surface area contributed by atoms with Crippen molar-refractivity contribution >= 4 is 0 Å². The van der Waals surface area contributed by atoms with E-state index in [4.69, 9.17) is 0 Å². The van der Waals surface area contributed by atoms with Gasteiger partial charge in [0.15, 0.2) is 0 Å². The molecule has 0 nitrogen and oxygen atoms in total. The maximum Gasteiger partial charge on any atom is -0.0357 e. The van der Waals surface area contributed by atoms with Crippen molar-refractivity contribution in [2.24, 2.45) is 23.7 Å². The quantitative estimate of drug-likeness (QED) is 0.498. The van der Waals surface area contributed by atoms with E-state index in [0.29, 0.717) is 0 Å². The minimum Gasteiger partial charge on any atom is -0.0622 e. The third-order valence-electron chi connectivity index (χ3n) is 5.72. The molecule has 3 aliphatic carbocycles. The second-order valence-corrected chi connectivity index (χ2v) is 6.90. The van der Waals surface area contributed by atoms with Crippen molar-refractivity contribution in [3.63, 3.8) is 0 Å². The molecule has 0 aromatic rings. The Morgan fingerprint density at radius 1 is 0.647 bits per heavy atom. The van der Waals surface area contributed by atoms with Gasteiger partial charge in [-0.1, -0.05) is 71.6 Å². The van der Waals surface area contributed by atoms with Crippen LogP contribution < -0.4 is 0 Å². The van der Waals surface area contributed by atoms with Crippen LogP contribution in [-0.4, -0.2) is 0 Å². The Balaban J connectivity index is 0.000000153. The summed E-state index contributed by atoms with van der Waals surface area (Å²) in [4.78, 5) is 0. The van der Waals surface area contributed by atoms with E-state index in [1.807, 2.05) is 0 Å². The van der Waals surface area contributed by atoms with Gasteiger partial charge < -0.3 is 0 Å². The smallest absolute Gasteiger partial charge is 0.0357 e. The molecule has 0 bridgehead atoms. The zero-order chi connectivity index (χ0) is 12.1. The topological polar surface area (TPSA) is 0 Å². The highest BCUT2D eigenvalue weighted by atomic mass is 14.4. The number of fused-ring (bicyclic) bond motifs is 1. The van der Waals surface area contributed by atoms with Gasteiger partial charge in [-0.15, -0.1) is 0 Å². The molecular weight excluding hydrogens is 204 g/mol. The first-order valence-electron chi connectivity index (χ1n) is 8.29. The average molecular weight is 236 g/mol. The maximum absolute atomic E-state index is 2.47. The Morgan fingerprint density at radius 2 is 1.18 bits per heavy atom. The fourth-order valence-corrected chi connectivity index (χ4v) is 4.40. The van der Waals surface area contributed by atoms with Gasteiger partial charge in [0, 0.05) is 0 Å². The molecule has 4 atom stereocenters. The summed E-state index contributed by atoms with van der Waals surface area (Å²) in [5.41, 5.74) is 0. The normalized spacial score (nSPS) is 41.3. The monoisotopic (exact) mass is 236 g/mol. The van der Waals surface area contributed by atoms with Crippen LogP contribution in [0.25, 0.3) is 0 Å². The van der Waals surface area contributed by atoms with Crippen LogP contribution in [0.5, 0.6) is 0 Å². The second-order valence-electron chi connectivity index (χ2n) is 6.90. The molecule has 0 heterocycles. The third-order valence-corrected chi connectivity index (χ3v) is 5.72. The van der Waals surface area contributed by atoms with Gasteiger partial charge in [0.05, 0.1) is 0 Å². The van der Waals surface area contributed by atoms with Crippen molar-refractivity contribution in [2.75, 3.05) is 0 Å². The van der Waals surface area contributed by atoms with Crippen molar-refractivity contribution in [3.05, 3.63) is 0 Å². The molecule has 3 fully saturated rings.